The molecule has 0 saturated heterocycles. The Hall–Kier alpha value is -2.15. The van der Waals surface area contributed by atoms with Gasteiger partial charge in [-0.25, -0.2) is 4.68 Å². The number of hydrogen-bond donors (Lipinski definition) is 1. The molecule has 0 bridgehead atoms. The van der Waals surface area contributed by atoms with E-state index in [4.69, 9.17) is 5.11 Å². The van der Waals surface area contributed by atoms with Crippen LogP contribution in [0.25, 0.3) is 15.7 Å². The lowest BCUT2D eigenvalue weighted by Gasteiger charge is -2.07. The van der Waals surface area contributed by atoms with Crippen LogP contribution in [0.5, 0.6) is 0 Å². The number of carbonyl (C=O) groups is 1. The van der Waals surface area contributed by atoms with E-state index in [1.54, 1.807) is 11.3 Å². The maximum absolute atomic E-state index is 12.4. The molecule has 21 heavy (non-hydrogen) atoms. The summed E-state index contributed by atoms with van der Waals surface area (Å²) < 4.78 is 4.30. The van der Waals surface area contributed by atoms with E-state index in [0.29, 0.717) is 18.5 Å². The number of aromatic nitrogens is 3. The molecule has 3 heterocycles. The molecule has 7 heteroatoms. The molecule has 3 aromatic rings. The fourth-order valence-electron chi connectivity index (χ4n) is 2.55. The average molecular weight is 305 g/mol. The standard InChI is InChI=1S/C14H15N3O3S/c1-8-6-10-12(21-8)7-11-14(20)16(5-3-4-13(18)19)15-9(2)17(10)11/h6-7H,3-5H2,1-2H3,(H,18,19). The van der Waals surface area contributed by atoms with Crippen LogP contribution in [0.3, 0.4) is 0 Å². The van der Waals surface area contributed by atoms with Gasteiger partial charge in [0, 0.05) is 17.8 Å². The van der Waals surface area contributed by atoms with Crippen LogP contribution in [-0.4, -0.2) is 25.3 Å². The summed E-state index contributed by atoms with van der Waals surface area (Å²) in [7, 11) is 0. The zero-order valence-electron chi connectivity index (χ0n) is 11.8. The van der Waals surface area contributed by atoms with Crippen molar-refractivity contribution >= 4 is 33.0 Å². The van der Waals surface area contributed by atoms with Crippen molar-refractivity contribution in [3.8, 4) is 0 Å². The molecule has 0 unspecified atom stereocenters. The van der Waals surface area contributed by atoms with E-state index in [9.17, 15) is 9.59 Å². The predicted octanol–water partition coefficient (Wildman–Crippen LogP) is 2.19. The lowest BCUT2D eigenvalue weighted by Crippen LogP contribution is -2.26. The fraction of sp³-hybridized carbons (Fsp3) is 0.357. The minimum absolute atomic E-state index is 0.0354. The summed E-state index contributed by atoms with van der Waals surface area (Å²) in [6.07, 6.45) is 0.430. The Morgan fingerprint density at radius 2 is 2.10 bits per heavy atom. The zero-order chi connectivity index (χ0) is 15.1. The van der Waals surface area contributed by atoms with E-state index in [1.807, 2.05) is 24.3 Å². The normalized spacial score (nSPS) is 11.5. The highest BCUT2D eigenvalue weighted by molar-refractivity contribution is 7.19. The summed E-state index contributed by atoms with van der Waals surface area (Å²) in [5.74, 6) is -0.132. The molecular formula is C14H15N3O3S. The number of aryl methyl sites for hydroxylation is 3. The maximum atomic E-state index is 12.4. The molecule has 0 radical (unpaired) electrons. The first-order valence-corrected chi connectivity index (χ1v) is 7.50. The van der Waals surface area contributed by atoms with Crippen LogP contribution in [0.1, 0.15) is 23.5 Å². The van der Waals surface area contributed by atoms with Crippen LogP contribution in [0.4, 0.5) is 0 Å². The molecule has 0 aliphatic carbocycles. The van der Waals surface area contributed by atoms with Gasteiger partial charge in [0.1, 0.15) is 11.3 Å². The van der Waals surface area contributed by atoms with E-state index in [-0.39, 0.29) is 12.0 Å². The van der Waals surface area contributed by atoms with Crippen molar-refractivity contribution in [2.75, 3.05) is 0 Å². The van der Waals surface area contributed by atoms with Crippen LogP contribution in [0.15, 0.2) is 16.9 Å². The SMILES string of the molecule is Cc1cc2c(cc3c(=O)n(CCCC(=O)O)nc(C)n32)s1. The van der Waals surface area contributed by atoms with E-state index in [1.165, 1.54) is 9.56 Å². The summed E-state index contributed by atoms with van der Waals surface area (Å²) in [6, 6.07) is 3.94. The summed E-state index contributed by atoms with van der Waals surface area (Å²) in [6.45, 7) is 4.21. The third-order valence-electron chi connectivity index (χ3n) is 3.42. The van der Waals surface area contributed by atoms with Gasteiger partial charge in [-0.1, -0.05) is 0 Å². The summed E-state index contributed by atoms with van der Waals surface area (Å²) in [5, 5.41) is 13.0. The first kappa shape index (κ1) is 13.8. The highest BCUT2D eigenvalue weighted by atomic mass is 32.1. The molecule has 0 aromatic carbocycles. The van der Waals surface area contributed by atoms with Crippen LogP contribution < -0.4 is 5.56 Å². The van der Waals surface area contributed by atoms with Crippen molar-refractivity contribution in [1.29, 1.82) is 0 Å². The second-order valence-corrected chi connectivity index (χ2v) is 6.33. The van der Waals surface area contributed by atoms with Gasteiger partial charge in [-0.3, -0.25) is 14.0 Å². The van der Waals surface area contributed by atoms with Crippen molar-refractivity contribution in [3.63, 3.8) is 0 Å². The lowest BCUT2D eigenvalue weighted by molar-refractivity contribution is -0.137. The smallest absolute Gasteiger partial charge is 0.303 e. The Kier molecular flexibility index (Phi) is 3.29. The number of rotatable bonds is 4. The highest BCUT2D eigenvalue weighted by Gasteiger charge is 2.13. The van der Waals surface area contributed by atoms with Crippen molar-refractivity contribution in [1.82, 2.24) is 14.2 Å². The largest absolute Gasteiger partial charge is 0.481 e. The molecule has 6 nitrogen and oxygen atoms in total. The monoisotopic (exact) mass is 305 g/mol. The Labute approximate surface area is 124 Å². The molecule has 1 N–H and O–H groups in total. The van der Waals surface area contributed by atoms with Gasteiger partial charge in [-0.15, -0.1) is 11.3 Å². The van der Waals surface area contributed by atoms with Crippen molar-refractivity contribution in [2.24, 2.45) is 0 Å². The molecule has 0 saturated carbocycles. The molecule has 0 spiro atoms. The topological polar surface area (TPSA) is 76.6 Å². The number of aliphatic carboxylic acids is 1. The van der Waals surface area contributed by atoms with Crippen molar-refractivity contribution in [2.45, 2.75) is 33.2 Å². The average Bonchev–Trinajstić information content (AvgIpc) is 2.90. The number of hydrogen-bond acceptors (Lipinski definition) is 4. The number of fused-ring (bicyclic) bond motifs is 3. The van der Waals surface area contributed by atoms with E-state index in [0.717, 1.165) is 16.0 Å². The summed E-state index contributed by atoms with van der Waals surface area (Å²) >= 11 is 1.65. The molecule has 0 atom stereocenters. The van der Waals surface area contributed by atoms with Gasteiger partial charge in [-0.05, 0) is 32.4 Å². The van der Waals surface area contributed by atoms with Gasteiger partial charge in [0.15, 0.2) is 0 Å². The van der Waals surface area contributed by atoms with Crippen LogP contribution in [-0.2, 0) is 11.3 Å². The maximum Gasteiger partial charge on any atom is 0.303 e. The molecule has 3 aromatic heterocycles. The van der Waals surface area contributed by atoms with E-state index in [2.05, 4.69) is 11.2 Å². The van der Waals surface area contributed by atoms with E-state index < -0.39 is 5.97 Å². The second-order valence-electron chi connectivity index (χ2n) is 5.04. The third-order valence-corrected chi connectivity index (χ3v) is 4.40. The Morgan fingerprint density at radius 1 is 1.33 bits per heavy atom. The van der Waals surface area contributed by atoms with E-state index >= 15 is 0 Å². The highest BCUT2D eigenvalue weighted by Crippen LogP contribution is 2.27. The Bertz CT molecular complexity index is 904. The summed E-state index contributed by atoms with van der Waals surface area (Å²) in [4.78, 5) is 24.2. The minimum atomic E-state index is -0.862. The Morgan fingerprint density at radius 3 is 2.81 bits per heavy atom. The van der Waals surface area contributed by atoms with Crippen LogP contribution in [0, 0.1) is 13.8 Å². The molecule has 0 aliphatic rings. The number of thiophene rings is 1. The minimum Gasteiger partial charge on any atom is -0.481 e. The molecular weight excluding hydrogens is 290 g/mol. The van der Waals surface area contributed by atoms with Crippen molar-refractivity contribution in [3.05, 3.63) is 33.2 Å². The molecule has 3 rings (SSSR count). The van der Waals surface area contributed by atoms with Crippen LogP contribution in [0.2, 0.25) is 0 Å². The first-order valence-electron chi connectivity index (χ1n) is 6.68. The summed E-state index contributed by atoms with van der Waals surface area (Å²) in [5.41, 5.74) is 1.43. The Balaban J connectivity index is 2.10. The van der Waals surface area contributed by atoms with Gasteiger partial charge in [0.05, 0.1) is 10.2 Å². The van der Waals surface area contributed by atoms with Crippen LogP contribution >= 0.6 is 11.3 Å². The predicted molar refractivity (Wildman–Crippen MR) is 81.2 cm³/mol. The first-order chi connectivity index (χ1) is 9.97. The molecule has 110 valence electrons. The second kappa shape index (κ2) is 5.00. The van der Waals surface area contributed by atoms with Gasteiger partial charge < -0.3 is 5.11 Å². The molecule has 0 fully saturated rings. The molecule has 0 aliphatic heterocycles. The molecule has 0 amide bonds. The number of nitrogens with zero attached hydrogens (tertiary/aromatic N) is 3. The zero-order valence-corrected chi connectivity index (χ0v) is 12.6. The lowest BCUT2D eigenvalue weighted by atomic mass is 10.3. The number of carboxylic acids is 1. The third kappa shape index (κ3) is 2.33. The fourth-order valence-corrected chi connectivity index (χ4v) is 3.49. The quantitative estimate of drug-likeness (QED) is 0.801. The number of carboxylic acid groups (broad SMARTS) is 1. The van der Waals surface area contributed by atoms with Gasteiger partial charge in [-0.2, -0.15) is 5.10 Å². The van der Waals surface area contributed by atoms with Gasteiger partial charge in [0.2, 0.25) is 0 Å². The van der Waals surface area contributed by atoms with Crippen molar-refractivity contribution < 1.29 is 9.90 Å². The van der Waals surface area contributed by atoms with Gasteiger partial charge in [0.25, 0.3) is 5.56 Å². The van der Waals surface area contributed by atoms with Gasteiger partial charge >= 0.3 is 5.97 Å².